The van der Waals surface area contributed by atoms with Crippen molar-refractivity contribution in [2.24, 2.45) is 11.8 Å². The predicted octanol–water partition coefficient (Wildman–Crippen LogP) is 0.793. The van der Waals surface area contributed by atoms with Crippen LogP contribution in [-0.4, -0.2) is 25.7 Å². The lowest BCUT2D eigenvalue weighted by Gasteiger charge is -2.20. The Kier molecular flexibility index (Phi) is 3.09. The Morgan fingerprint density at radius 3 is 2.75 bits per heavy atom. The topological polar surface area (TPSA) is 38.3 Å². The lowest BCUT2D eigenvalue weighted by Crippen LogP contribution is -2.36. The second-order valence-electron chi connectivity index (χ2n) is 3.64. The average Bonchev–Trinajstić information content (AvgIpc) is 2.50. The molecule has 1 aliphatic rings. The fraction of sp³-hybridized carbons (Fsp3) is 0.889. The van der Waals surface area contributed by atoms with Crippen molar-refractivity contribution in [3.63, 3.8) is 0 Å². The maximum absolute atomic E-state index is 11.3. The Labute approximate surface area is 73.5 Å². The molecule has 1 heterocycles. The van der Waals surface area contributed by atoms with Crippen molar-refractivity contribution < 1.29 is 9.53 Å². The molecule has 1 aliphatic heterocycles. The van der Waals surface area contributed by atoms with E-state index in [1.54, 1.807) is 0 Å². The second kappa shape index (κ2) is 3.90. The van der Waals surface area contributed by atoms with E-state index in [1.807, 2.05) is 0 Å². The molecule has 0 bridgehead atoms. The van der Waals surface area contributed by atoms with Gasteiger partial charge >= 0.3 is 5.97 Å². The molecule has 0 aliphatic carbocycles. The minimum Gasteiger partial charge on any atom is -0.469 e. The number of nitrogens with one attached hydrogen (secondary N) is 1. The molecule has 0 unspecified atom stereocenters. The maximum atomic E-state index is 11.3. The Morgan fingerprint density at radius 1 is 1.58 bits per heavy atom. The standard InChI is InChI=1S/C9H17NO2/c1-6(2)8-7(4-5-10-8)9(11)12-3/h6-8,10H,4-5H2,1-3H3/t7-,8-/m0/s1. The van der Waals surface area contributed by atoms with E-state index in [2.05, 4.69) is 19.2 Å². The van der Waals surface area contributed by atoms with Crippen LogP contribution < -0.4 is 5.32 Å². The van der Waals surface area contributed by atoms with Crippen LogP contribution in [0.1, 0.15) is 20.3 Å². The summed E-state index contributed by atoms with van der Waals surface area (Å²) >= 11 is 0. The Bertz CT molecular complexity index is 168. The molecule has 0 aromatic carbocycles. The number of carbonyl (C=O) groups excluding carboxylic acids is 1. The van der Waals surface area contributed by atoms with Crippen molar-refractivity contribution in [2.75, 3.05) is 13.7 Å². The number of methoxy groups -OCH3 is 1. The Balaban J connectivity index is 2.57. The highest BCUT2D eigenvalue weighted by molar-refractivity contribution is 5.73. The van der Waals surface area contributed by atoms with Crippen molar-refractivity contribution in [1.29, 1.82) is 0 Å². The molecule has 0 radical (unpaired) electrons. The molecule has 1 rings (SSSR count). The summed E-state index contributed by atoms with van der Waals surface area (Å²) < 4.78 is 4.74. The summed E-state index contributed by atoms with van der Waals surface area (Å²) in [6.45, 7) is 5.18. The van der Waals surface area contributed by atoms with Crippen LogP contribution in [0.4, 0.5) is 0 Å². The minimum atomic E-state index is -0.0706. The third-order valence-corrected chi connectivity index (χ3v) is 2.49. The first-order valence-electron chi connectivity index (χ1n) is 4.48. The first kappa shape index (κ1) is 9.52. The van der Waals surface area contributed by atoms with Crippen molar-refractivity contribution in [2.45, 2.75) is 26.3 Å². The van der Waals surface area contributed by atoms with Gasteiger partial charge in [0, 0.05) is 6.04 Å². The molecule has 3 heteroatoms. The van der Waals surface area contributed by atoms with Crippen molar-refractivity contribution >= 4 is 5.97 Å². The molecular weight excluding hydrogens is 154 g/mol. The van der Waals surface area contributed by atoms with Gasteiger partial charge in [0.1, 0.15) is 0 Å². The van der Waals surface area contributed by atoms with Crippen LogP contribution in [0.2, 0.25) is 0 Å². The van der Waals surface area contributed by atoms with E-state index in [-0.39, 0.29) is 11.9 Å². The van der Waals surface area contributed by atoms with E-state index < -0.39 is 0 Å². The molecule has 2 atom stereocenters. The van der Waals surface area contributed by atoms with E-state index in [1.165, 1.54) is 7.11 Å². The predicted molar refractivity (Wildman–Crippen MR) is 46.8 cm³/mol. The zero-order chi connectivity index (χ0) is 9.14. The molecule has 1 saturated heterocycles. The van der Waals surface area contributed by atoms with Gasteiger partial charge in [-0.25, -0.2) is 0 Å². The summed E-state index contributed by atoms with van der Waals surface area (Å²) in [5.74, 6) is 0.491. The molecule has 0 saturated carbocycles. The van der Waals surface area contributed by atoms with Gasteiger partial charge in [0.25, 0.3) is 0 Å². The molecule has 0 aromatic heterocycles. The zero-order valence-corrected chi connectivity index (χ0v) is 7.96. The molecule has 1 N–H and O–H groups in total. The Morgan fingerprint density at radius 2 is 2.25 bits per heavy atom. The van der Waals surface area contributed by atoms with E-state index in [0.717, 1.165) is 13.0 Å². The molecule has 0 amide bonds. The summed E-state index contributed by atoms with van der Waals surface area (Å²) in [6, 6.07) is 0.303. The molecule has 0 spiro atoms. The van der Waals surface area contributed by atoms with Gasteiger partial charge < -0.3 is 10.1 Å². The van der Waals surface area contributed by atoms with Crippen molar-refractivity contribution in [3.05, 3.63) is 0 Å². The fourth-order valence-corrected chi connectivity index (χ4v) is 1.84. The zero-order valence-electron chi connectivity index (χ0n) is 7.96. The Hall–Kier alpha value is -0.570. The monoisotopic (exact) mass is 171 g/mol. The van der Waals surface area contributed by atoms with Gasteiger partial charge in [0.05, 0.1) is 13.0 Å². The van der Waals surface area contributed by atoms with Crippen LogP contribution in [0, 0.1) is 11.8 Å². The summed E-state index contributed by atoms with van der Waals surface area (Å²) in [6.07, 6.45) is 0.912. The molecule has 70 valence electrons. The van der Waals surface area contributed by atoms with Crippen LogP contribution in [0.3, 0.4) is 0 Å². The summed E-state index contributed by atoms with van der Waals surface area (Å²) in [4.78, 5) is 11.3. The summed E-state index contributed by atoms with van der Waals surface area (Å²) in [5, 5.41) is 3.32. The summed E-state index contributed by atoms with van der Waals surface area (Å²) in [5.41, 5.74) is 0. The second-order valence-corrected chi connectivity index (χ2v) is 3.64. The molecule has 0 aromatic rings. The van der Waals surface area contributed by atoms with E-state index in [9.17, 15) is 4.79 Å². The van der Waals surface area contributed by atoms with Crippen LogP contribution in [0.25, 0.3) is 0 Å². The van der Waals surface area contributed by atoms with Crippen LogP contribution in [-0.2, 0) is 9.53 Å². The van der Waals surface area contributed by atoms with Crippen LogP contribution in [0.15, 0.2) is 0 Å². The normalized spacial score (nSPS) is 29.3. The number of hydrogen-bond donors (Lipinski definition) is 1. The maximum Gasteiger partial charge on any atom is 0.310 e. The quantitative estimate of drug-likeness (QED) is 0.624. The molecule has 1 fully saturated rings. The van der Waals surface area contributed by atoms with Gasteiger partial charge in [-0.3, -0.25) is 4.79 Å². The van der Waals surface area contributed by atoms with Crippen LogP contribution in [0.5, 0.6) is 0 Å². The van der Waals surface area contributed by atoms with E-state index in [4.69, 9.17) is 4.74 Å². The number of esters is 1. The smallest absolute Gasteiger partial charge is 0.310 e. The highest BCUT2D eigenvalue weighted by Crippen LogP contribution is 2.22. The number of carbonyl (C=O) groups is 1. The number of ether oxygens (including phenoxy) is 1. The average molecular weight is 171 g/mol. The highest BCUT2D eigenvalue weighted by atomic mass is 16.5. The highest BCUT2D eigenvalue weighted by Gasteiger charge is 2.34. The largest absolute Gasteiger partial charge is 0.469 e. The van der Waals surface area contributed by atoms with Crippen LogP contribution >= 0.6 is 0 Å². The molecule has 3 nitrogen and oxygen atoms in total. The SMILES string of the molecule is COC(=O)[C@H]1CCN[C@H]1C(C)C. The van der Waals surface area contributed by atoms with Gasteiger partial charge in [-0.1, -0.05) is 13.8 Å². The number of rotatable bonds is 2. The van der Waals surface area contributed by atoms with Gasteiger partial charge in [-0.05, 0) is 18.9 Å². The molecular formula is C9H17NO2. The van der Waals surface area contributed by atoms with E-state index in [0.29, 0.717) is 12.0 Å². The summed E-state index contributed by atoms with van der Waals surface area (Å²) in [7, 11) is 1.46. The number of hydrogen-bond acceptors (Lipinski definition) is 3. The van der Waals surface area contributed by atoms with Gasteiger partial charge in [-0.15, -0.1) is 0 Å². The third-order valence-electron chi connectivity index (χ3n) is 2.49. The van der Waals surface area contributed by atoms with Crippen molar-refractivity contribution in [3.8, 4) is 0 Å². The minimum absolute atomic E-state index is 0.0648. The first-order valence-corrected chi connectivity index (χ1v) is 4.48. The first-order chi connectivity index (χ1) is 5.66. The van der Waals surface area contributed by atoms with E-state index >= 15 is 0 Å². The molecule has 12 heavy (non-hydrogen) atoms. The lowest BCUT2D eigenvalue weighted by molar-refractivity contribution is -0.146. The van der Waals surface area contributed by atoms with Crippen molar-refractivity contribution in [1.82, 2.24) is 5.32 Å². The van der Waals surface area contributed by atoms with Gasteiger partial charge in [0.2, 0.25) is 0 Å². The van der Waals surface area contributed by atoms with Gasteiger partial charge in [0.15, 0.2) is 0 Å². The third kappa shape index (κ3) is 1.78. The lowest BCUT2D eigenvalue weighted by atomic mass is 9.92. The fourth-order valence-electron chi connectivity index (χ4n) is 1.84. The van der Waals surface area contributed by atoms with Gasteiger partial charge in [-0.2, -0.15) is 0 Å².